The van der Waals surface area contributed by atoms with E-state index in [0.717, 1.165) is 24.7 Å². The normalized spacial score (nSPS) is 16.8. The van der Waals surface area contributed by atoms with Crippen LogP contribution in [0, 0.1) is 13.8 Å². The van der Waals surface area contributed by atoms with Crippen molar-refractivity contribution in [3.8, 4) is 0 Å². The van der Waals surface area contributed by atoms with Crippen LogP contribution in [0.4, 0.5) is 0 Å². The van der Waals surface area contributed by atoms with Crippen molar-refractivity contribution in [2.24, 2.45) is 12.0 Å². The molecule has 2 heterocycles. The third-order valence-electron chi connectivity index (χ3n) is 4.95. The lowest BCUT2D eigenvalue weighted by Gasteiger charge is -2.27. The average Bonchev–Trinajstić information content (AvgIpc) is 3.14. The van der Waals surface area contributed by atoms with Crippen LogP contribution in [-0.4, -0.2) is 53.4 Å². The molecule has 0 bridgehead atoms. The summed E-state index contributed by atoms with van der Waals surface area (Å²) in [5.74, 6) is 0.866. The maximum Gasteiger partial charge on any atom is 0.191 e. The summed E-state index contributed by atoms with van der Waals surface area (Å²) >= 11 is 0. The van der Waals surface area contributed by atoms with Crippen LogP contribution in [0.3, 0.4) is 0 Å². The van der Waals surface area contributed by atoms with Gasteiger partial charge in [0.25, 0.3) is 0 Å². The minimum Gasteiger partial charge on any atom is -0.355 e. The molecule has 1 fully saturated rings. The summed E-state index contributed by atoms with van der Waals surface area (Å²) in [6.45, 7) is 10.6. The number of aryl methyl sites for hydroxylation is 2. The second-order valence-corrected chi connectivity index (χ2v) is 6.38. The van der Waals surface area contributed by atoms with E-state index >= 15 is 0 Å². The van der Waals surface area contributed by atoms with Gasteiger partial charge in [-0.15, -0.1) is 24.0 Å². The molecule has 2 N–H and O–H groups in total. The summed E-state index contributed by atoms with van der Waals surface area (Å²) in [6.07, 6.45) is 3.84. The predicted octanol–water partition coefficient (Wildman–Crippen LogP) is 2.19. The molecule has 1 aliphatic rings. The molecule has 1 atom stereocenters. The highest BCUT2D eigenvalue weighted by Crippen LogP contribution is 2.13. The Kier molecular flexibility index (Phi) is 9.04. The van der Waals surface area contributed by atoms with E-state index in [1.807, 2.05) is 18.8 Å². The molecule has 138 valence electrons. The topological polar surface area (TPSA) is 57.5 Å². The van der Waals surface area contributed by atoms with E-state index in [9.17, 15) is 0 Å². The standard InChI is InChI=1S/C17H32N6.HI/c1-6-15(23-9-7-8-10-23)11-19-17(18-4)20-12-16-13(2)21-22(5)14(16)3;/h15H,6-12H2,1-5H3,(H2,18,19,20);1H. The summed E-state index contributed by atoms with van der Waals surface area (Å²) in [5, 5.41) is 11.4. The van der Waals surface area contributed by atoms with E-state index < -0.39 is 0 Å². The van der Waals surface area contributed by atoms with Gasteiger partial charge < -0.3 is 10.6 Å². The van der Waals surface area contributed by atoms with Crippen molar-refractivity contribution in [3.05, 3.63) is 17.0 Å². The van der Waals surface area contributed by atoms with Gasteiger partial charge in [0.15, 0.2) is 5.96 Å². The molecular weight excluding hydrogens is 415 g/mol. The largest absolute Gasteiger partial charge is 0.355 e. The Morgan fingerprint density at radius 3 is 2.42 bits per heavy atom. The third kappa shape index (κ3) is 5.34. The lowest BCUT2D eigenvalue weighted by molar-refractivity contribution is 0.236. The zero-order valence-corrected chi connectivity index (χ0v) is 18.1. The van der Waals surface area contributed by atoms with Crippen LogP contribution in [0.15, 0.2) is 4.99 Å². The van der Waals surface area contributed by atoms with Crippen LogP contribution in [0.1, 0.15) is 43.1 Å². The number of likely N-dealkylation sites (tertiary alicyclic amines) is 1. The fourth-order valence-corrected chi connectivity index (χ4v) is 3.32. The SMILES string of the molecule is CCC(CNC(=NC)NCc1c(C)nn(C)c1C)N1CCCC1.I. The van der Waals surface area contributed by atoms with E-state index in [0.29, 0.717) is 6.04 Å². The van der Waals surface area contributed by atoms with Crippen LogP contribution in [0.5, 0.6) is 0 Å². The van der Waals surface area contributed by atoms with Gasteiger partial charge in [-0.1, -0.05) is 6.92 Å². The predicted molar refractivity (Wildman–Crippen MR) is 111 cm³/mol. The third-order valence-corrected chi connectivity index (χ3v) is 4.95. The van der Waals surface area contributed by atoms with E-state index in [-0.39, 0.29) is 24.0 Å². The van der Waals surface area contributed by atoms with Gasteiger partial charge in [-0.3, -0.25) is 14.6 Å². The molecular formula is C17H33IN6. The maximum absolute atomic E-state index is 4.46. The van der Waals surface area contributed by atoms with E-state index in [2.05, 4.69) is 46.4 Å². The fraction of sp³-hybridized carbons (Fsp3) is 0.765. The van der Waals surface area contributed by atoms with Crippen molar-refractivity contribution in [2.45, 2.75) is 52.6 Å². The summed E-state index contributed by atoms with van der Waals surface area (Å²) < 4.78 is 1.93. The minimum atomic E-state index is 0. The number of aliphatic imine (C=N–C) groups is 1. The zero-order chi connectivity index (χ0) is 16.8. The van der Waals surface area contributed by atoms with Crippen molar-refractivity contribution in [1.82, 2.24) is 25.3 Å². The summed E-state index contributed by atoms with van der Waals surface area (Å²) in [7, 11) is 3.82. The Hall–Kier alpha value is -0.830. The van der Waals surface area contributed by atoms with Gasteiger partial charge in [-0.25, -0.2) is 0 Å². The van der Waals surface area contributed by atoms with Crippen LogP contribution in [0.25, 0.3) is 0 Å². The lowest BCUT2D eigenvalue weighted by Crippen LogP contribution is -2.46. The van der Waals surface area contributed by atoms with Gasteiger partial charge in [0.05, 0.1) is 5.69 Å². The molecule has 24 heavy (non-hydrogen) atoms. The Morgan fingerprint density at radius 2 is 1.92 bits per heavy atom. The summed E-state index contributed by atoms with van der Waals surface area (Å²) in [4.78, 5) is 6.94. The second-order valence-electron chi connectivity index (χ2n) is 6.38. The molecule has 7 heteroatoms. The minimum absolute atomic E-state index is 0. The molecule has 1 aromatic heterocycles. The molecule has 0 amide bonds. The van der Waals surface area contributed by atoms with Crippen LogP contribution < -0.4 is 10.6 Å². The first-order valence-corrected chi connectivity index (χ1v) is 8.74. The second kappa shape index (κ2) is 10.2. The number of rotatable bonds is 6. The molecule has 1 aromatic rings. The number of nitrogens with one attached hydrogen (secondary N) is 2. The molecule has 2 rings (SSSR count). The van der Waals surface area contributed by atoms with Crippen molar-refractivity contribution >= 4 is 29.9 Å². The number of guanidine groups is 1. The van der Waals surface area contributed by atoms with Gasteiger partial charge in [0.2, 0.25) is 0 Å². The number of hydrogen-bond acceptors (Lipinski definition) is 3. The average molecular weight is 448 g/mol. The molecule has 0 saturated carbocycles. The van der Waals surface area contributed by atoms with Crippen molar-refractivity contribution in [2.75, 3.05) is 26.7 Å². The van der Waals surface area contributed by atoms with Gasteiger partial charge in [-0.05, 0) is 46.2 Å². The molecule has 6 nitrogen and oxygen atoms in total. The van der Waals surface area contributed by atoms with E-state index in [4.69, 9.17) is 0 Å². The van der Waals surface area contributed by atoms with Gasteiger partial charge in [0.1, 0.15) is 0 Å². The monoisotopic (exact) mass is 448 g/mol. The molecule has 1 aliphatic heterocycles. The maximum atomic E-state index is 4.46. The smallest absolute Gasteiger partial charge is 0.191 e. The first kappa shape index (κ1) is 21.2. The highest BCUT2D eigenvalue weighted by molar-refractivity contribution is 14.0. The molecule has 0 radical (unpaired) electrons. The number of aromatic nitrogens is 2. The lowest BCUT2D eigenvalue weighted by atomic mass is 10.2. The molecule has 0 aliphatic carbocycles. The van der Waals surface area contributed by atoms with Gasteiger partial charge in [0, 0.05) is 44.5 Å². The molecule has 0 aromatic carbocycles. The van der Waals surface area contributed by atoms with Crippen LogP contribution in [-0.2, 0) is 13.6 Å². The Labute approximate surface area is 163 Å². The van der Waals surface area contributed by atoms with Gasteiger partial charge >= 0.3 is 0 Å². The number of hydrogen-bond donors (Lipinski definition) is 2. The van der Waals surface area contributed by atoms with Crippen molar-refractivity contribution in [1.29, 1.82) is 0 Å². The first-order valence-electron chi connectivity index (χ1n) is 8.74. The Morgan fingerprint density at radius 1 is 1.25 bits per heavy atom. The zero-order valence-electron chi connectivity index (χ0n) is 15.7. The molecule has 1 unspecified atom stereocenters. The highest BCUT2D eigenvalue weighted by Gasteiger charge is 2.20. The van der Waals surface area contributed by atoms with Crippen LogP contribution >= 0.6 is 24.0 Å². The molecule has 1 saturated heterocycles. The van der Waals surface area contributed by atoms with E-state index in [1.54, 1.807) is 0 Å². The van der Waals surface area contributed by atoms with Crippen molar-refractivity contribution in [3.63, 3.8) is 0 Å². The Bertz CT molecular complexity index is 533. The Balaban J connectivity index is 0.00000288. The summed E-state index contributed by atoms with van der Waals surface area (Å²) in [5.41, 5.74) is 3.53. The summed E-state index contributed by atoms with van der Waals surface area (Å²) in [6, 6.07) is 0.595. The van der Waals surface area contributed by atoms with Crippen LogP contribution in [0.2, 0.25) is 0 Å². The fourth-order valence-electron chi connectivity index (χ4n) is 3.32. The molecule has 0 spiro atoms. The van der Waals surface area contributed by atoms with E-state index in [1.165, 1.54) is 43.6 Å². The highest BCUT2D eigenvalue weighted by atomic mass is 127. The first-order chi connectivity index (χ1) is 11.1. The van der Waals surface area contributed by atoms with Crippen molar-refractivity contribution < 1.29 is 0 Å². The number of nitrogens with zero attached hydrogens (tertiary/aromatic N) is 4. The quantitative estimate of drug-likeness (QED) is 0.398. The number of halogens is 1. The van der Waals surface area contributed by atoms with Gasteiger partial charge in [-0.2, -0.15) is 5.10 Å².